The summed E-state index contributed by atoms with van der Waals surface area (Å²) >= 11 is 0. The predicted octanol–water partition coefficient (Wildman–Crippen LogP) is 2.99. The molecule has 1 aliphatic heterocycles. The Labute approximate surface area is 170 Å². The number of benzene rings is 1. The molecule has 3 heterocycles. The van der Waals surface area contributed by atoms with E-state index in [2.05, 4.69) is 4.98 Å². The molecule has 3 aromatic rings. The summed E-state index contributed by atoms with van der Waals surface area (Å²) in [6.07, 6.45) is -3.20. The molecule has 1 aliphatic rings. The third kappa shape index (κ3) is 3.89. The first kappa shape index (κ1) is 20.3. The van der Waals surface area contributed by atoms with Gasteiger partial charge in [-0.3, -0.25) is 19.1 Å². The first-order valence-electron chi connectivity index (χ1n) is 9.70. The van der Waals surface area contributed by atoms with E-state index < -0.39 is 24.3 Å². The molecule has 0 N–H and O–H groups in total. The van der Waals surface area contributed by atoms with E-state index in [1.807, 2.05) is 11.0 Å². The Balaban J connectivity index is 1.80. The fourth-order valence-corrected chi connectivity index (χ4v) is 4.05. The van der Waals surface area contributed by atoms with Gasteiger partial charge in [-0.15, -0.1) is 0 Å². The van der Waals surface area contributed by atoms with Gasteiger partial charge < -0.3 is 4.57 Å². The van der Waals surface area contributed by atoms with Crippen LogP contribution in [0.15, 0.2) is 52.1 Å². The number of rotatable bonds is 4. The molecular formula is C21H21F3N4O2. The summed E-state index contributed by atoms with van der Waals surface area (Å²) in [6.45, 7) is -0.360. The van der Waals surface area contributed by atoms with Crippen molar-refractivity contribution in [1.82, 2.24) is 19.0 Å². The van der Waals surface area contributed by atoms with E-state index in [4.69, 9.17) is 0 Å². The minimum atomic E-state index is -4.55. The zero-order valence-corrected chi connectivity index (χ0v) is 16.4. The summed E-state index contributed by atoms with van der Waals surface area (Å²) in [5, 5.41) is 0.167. The fraction of sp³-hybridized carbons (Fsp3) is 0.381. The molecular weight excluding hydrogens is 397 g/mol. The van der Waals surface area contributed by atoms with Crippen molar-refractivity contribution >= 4 is 10.9 Å². The lowest BCUT2D eigenvalue weighted by molar-refractivity contribution is -0.142. The molecule has 4 rings (SSSR count). The Kier molecular flexibility index (Phi) is 5.23. The molecule has 1 saturated heterocycles. The number of likely N-dealkylation sites (tertiary alicyclic amines) is 1. The van der Waals surface area contributed by atoms with Gasteiger partial charge in [0, 0.05) is 25.4 Å². The van der Waals surface area contributed by atoms with Crippen molar-refractivity contribution in [3.8, 4) is 0 Å². The van der Waals surface area contributed by atoms with E-state index in [-0.39, 0.29) is 16.8 Å². The van der Waals surface area contributed by atoms with Crippen LogP contribution in [0.5, 0.6) is 0 Å². The lowest BCUT2D eigenvalue weighted by Crippen LogP contribution is -2.36. The SMILES string of the molecule is Cn1c(CN2CCCC2c2nc3ccccc3c(=O)n2CC(F)(F)F)cccc1=O. The van der Waals surface area contributed by atoms with Crippen LogP contribution in [0.1, 0.15) is 30.4 Å². The van der Waals surface area contributed by atoms with Gasteiger partial charge in [0.1, 0.15) is 12.4 Å². The van der Waals surface area contributed by atoms with Crippen LogP contribution in [0.3, 0.4) is 0 Å². The van der Waals surface area contributed by atoms with Crippen LogP contribution in [0.2, 0.25) is 0 Å². The van der Waals surface area contributed by atoms with Crippen molar-refractivity contribution in [3.63, 3.8) is 0 Å². The fourth-order valence-electron chi connectivity index (χ4n) is 4.05. The average molecular weight is 418 g/mol. The van der Waals surface area contributed by atoms with Crippen molar-refractivity contribution in [2.24, 2.45) is 7.05 Å². The number of nitrogens with zero attached hydrogens (tertiary/aromatic N) is 4. The zero-order chi connectivity index (χ0) is 21.5. The minimum Gasteiger partial charge on any atom is -0.314 e. The molecule has 0 radical (unpaired) electrons. The molecule has 30 heavy (non-hydrogen) atoms. The Hall–Kier alpha value is -2.94. The number of fused-ring (bicyclic) bond motifs is 1. The summed E-state index contributed by atoms with van der Waals surface area (Å²) in [5.74, 6) is 0.120. The Morgan fingerprint density at radius 2 is 1.87 bits per heavy atom. The number of aromatic nitrogens is 3. The van der Waals surface area contributed by atoms with E-state index in [1.165, 1.54) is 16.7 Å². The first-order valence-corrected chi connectivity index (χ1v) is 9.70. The van der Waals surface area contributed by atoms with Gasteiger partial charge in [0.05, 0.1) is 16.9 Å². The van der Waals surface area contributed by atoms with Gasteiger partial charge in [0.25, 0.3) is 5.56 Å². The number of para-hydroxylation sites is 1. The maximum atomic E-state index is 13.3. The maximum absolute atomic E-state index is 13.3. The van der Waals surface area contributed by atoms with Crippen LogP contribution in [0, 0.1) is 0 Å². The number of hydrogen-bond acceptors (Lipinski definition) is 4. The second kappa shape index (κ2) is 7.71. The number of alkyl halides is 3. The van der Waals surface area contributed by atoms with E-state index in [0.29, 0.717) is 25.0 Å². The van der Waals surface area contributed by atoms with E-state index in [0.717, 1.165) is 16.7 Å². The number of pyridine rings is 1. The zero-order valence-electron chi connectivity index (χ0n) is 16.4. The second-order valence-electron chi connectivity index (χ2n) is 7.54. The van der Waals surface area contributed by atoms with E-state index >= 15 is 0 Å². The summed E-state index contributed by atoms with van der Waals surface area (Å²) < 4.78 is 42.2. The molecule has 1 aromatic carbocycles. The topological polar surface area (TPSA) is 60.1 Å². The van der Waals surface area contributed by atoms with Gasteiger partial charge in [-0.2, -0.15) is 13.2 Å². The van der Waals surface area contributed by atoms with Crippen LogP contribution in [-0.4, -0.2) is 31.7 Å². The third-order valence-corrected chi connectivity index (χ3v) is 5.54. The molecule has 1 fully saturated rings. The van der Waals surface area contributed by atoms with Gasteiger partial charge in [0.15, 0.2) is 0 Å². The normalized spacial score (nSPS) is 17.7. The standard InChI is InChI=1S/C21H21F3N4O2/c1-26-14(6-4-10-18(26)29)12-27-11-5-9-17(27)19-25-16-8-3-2-7-15(16)20(30)28(19)13-21(22,23)24/h2-4,6-8,10,17H,5,9,11-13H2,1H3. The average Bonchev–Trinajstić information content (AvgIpc) is 3.15. The molecule has 9 heteroatoms. The van der Waals surface area contributed by atoms with Crippen molar-refractivity contribution in [1.29, 1.82) is 0 Å². The van der Waals surface area contributed by atoms with Gasteiger partial charge in [-0.25, -0.2) is 4.98 Å². The van der Waals surface area contributed by atoms with Crippen LogP contribution in [-0.2, 0) is 20.1 Å². The highest BCUT2D eigenvalue weighted by atomic mass is 19.4. The molecule has 2 aromatic heterocycles. The first-order chi connectivity index (χ1) is 14.2. The highest BCUT2D eigenvalue weighted by Crippen LogP contribution is 2.33. The smallest absolute Gasteiger partial charge is 0.314 e. The van der Waals surface area contributed by atoms with Crippen LogP contribution in [0.4, 0.5) is 13.2 Å². The summed E-state index contributed by atoms with van der Waals surface area (Å²) in [5.41, 5.74) is 0.294. The van der Waals surface area contributed by atoms with Crippen molar-refractivity contribution < 1.29 is 13.2 Å². The molecule has 0 spiro atoms. The summed E-state index contributed by atoms with van der Waals surface area (Å²) in [6, 6.07) is 10.9. The lowest BCUT2D eigenvalue weighted by Gasteiger charge is -2.27. The molecule has 6 nitrogen and oxygen atoms in total. The van der Waals surface area contributed by atoms with Crippen molar-refractivity contribution in [2.45, 2.75) is 38.1 Å². The highest BCUT2D eigenvalue weighted by molar-refractivity contribution is 5.77. The molecule has 0 bridgehead atoms. The summed E-state index contributed by atoms with van der Waals surface area (Å²) in [4.78, 5) is 31.3. The van der Waals surface area contributed by atoms with Gasteiger partial charge >= 0.3 is 6.18 Å². The third-order valence-electron chi connectivity index (χ3n) is 5.54. The van der Waals surface area contributed by atoms with Crippen LogP contribution < -0.4 is 11.1 Å². The molecule has 0 saturated carbocycles. The maximum Gasteiger partial charge on any atom is 0.406 e. The van der Waals surface area contributed by atoms with Crippen molar-refractivity contribution in [3.05, 3.63) is 74.7 Å². The Morgan fingerprint density at radius 1 is 1.10 bits per heavy atom. The van der Waals surface area contributed by atoms with E-state index in [1.54, 1.807) is 31.3 Å². The van der Waals surface area contributed by atoms with Gasteiger partial charge in [-0.05, 0) is 37.6 Å². The highest BCUT2D eigenvalue weighted by Gasteiger charge is 2.35. The molecule has 1 atom stereocenters. The quantitative estimate of drug-likeness (QED) is 0.654. The molecule has 0 aliphatic carbocycles. The predicted molar refractivity (Wildman–Crippen MR) is 106 cm³/mol. The number of halogens is 3. The number of hydrogen-bond donors (Lipinski definition) is 0. The monoisotopic (exact) mass is 418 g/mol. The van der Waals surface area contributed by atoms with E-state index in [9.17, 15) is 22.8 Å². The van der Waals surface area contributed by atoms with Crippen molar-refractivity contribution in [2.75, 3.05) is 6.54 Å². The van der Waals surface area contributed by atoms with Gasteiger partial charge in [-0.1, -0.05) is 18.2 Å². The second-order valence-corrected chi connectivity index (χ2v) is 7.54. The molecule has 0 amide bonds. The molecule has 158 valence electrons. The summed E-state index contributed by atoms with van der Waals surface area (Å²) in [7, 11) is 1.66. The Bertz CT molecular complexity index is 1200. The Morgan fingerprint density at radius 3 is 2.63 bits per heavy atom. The van der Waals surface area contributed by atoms with Gasteiger partial charge in [0.2, 0.25) is 5.56 Å². The lowest BCUT2D eigenvalue weighted by atomic mass is 10.1. The minimum absolute atomic E-state index is 0.120. The molecule has 1 unspecified atom stereocenters. The van der Waals surface area contributed by atoms with Crippen LogP contribution in [0.25, 0.3) is 10.9 Å². The van der Waals surface area contributed by atoms with Crippen LogP contribution >= 0.6 is 0 Å². The largest absolute Gasteiger partial charge is 0.406 e.